The number of pyridine rings is 1. The van der Waals surface area contributed by atoms with E-state index in [1.54, 1.807) is 7.11 Å². The first-order valence-corrected chi connectivity index (χ1v) is 19.1. The van der Waals surface area contributed by atoms with Crippen molar-refractivity contribution in [3.8, 4) is 16.9 Å². The molecule has 1 aromatic heterocycles. The Morgan fingerprint density at radius 2 is 1.69 bits per heavy atom. The van der Waals surface area contributed by atoms with Crippen LogP contribution in [0.4, 0.5) is 22.0 Å². The fourth-order valence-corrected chi connectivity index (χ4v) is 8.69. The lowest BCUT2D eigenvalue weighted by Crippen LogP contribution is -2.41. The van der Waals surface area contributed by atoms with Crippen LogP contribution in [-0.4, -0.2) is 59.1 Å². The second-order valence-corrected chi connectivity index (χ2v) is 16.1. The summed E-state index contributed by atoms with van der Waals surface area (Å²) in [6.07, 6.45) is -1.14. The fraction of sp³-hybridized carbons (Fsp3) is 0.548. The van der Waals surface area contributed by atoms with Crippen LogP contribution in [0.5, 0.6) is 5.75 Å². The summed E-state index contributed by atoms with van der Waals surface area (Å²) in [5.41, 5.74) is 4.54. The lowest BCUT2D eigenvalue weighted by molar-refractivity contribution is -0.139. The molecule has 1 saturated carbocycles. The SMILES string of the molecule is COc1cc(C)c(-c2cc([C@H](CC(=O)O)NC(=O)[C@@H](CC(C)C)n3cc(C4CCN(CC5CC5(F)F)CC4)c(C(F)(F)F)cc3=O)cc3c2CCC3)c(C)c1. The number of alkyl halides is 5. The molecule has 2 fully saturated rings. The number of carbonyl (C=O) groups is 2. The summed E-state index contributed by atoms with van der Waals surface area (Å²) in [5.74, 6) is -5.33. The van der Waals surface area contributed by atoms with Crippen LogP contribution >= 0.6 is 0 Å². The molecule has 55 heavy (non-hydrogen) atoms. The molecule has 2 N–H and O–H groups in total. The number of aromatic nitrogens is 1. The van der Waals surface area contributed by atoms with Crippen molar-refractivity contribution in [2.75, 3.05) is 26.7 Å². The zero-order chi connectivity index (χ0) is 40.0. The minimum Gasteiger partial charge on any atom is -0.497 e. The zero-order valence-electron chi connectivity index (χ0n) is 32.0. The molecule has 1 amide bonds. The van der Waals surface area contributed by atoms with Gasteiger partial charge in [-0.15, -0.1) is 0 Å². The fourth-order valence-electron chi connectivity index (χ4n) is 8.69. The molecule has 3 atom stereocenters. The number of carbonyl (C=O) groups excluding carboxylic acids is 1. The third kappa shape index (κ3) is 8.92. The van der Waals surface area contributed by atoms with Gasteiger partial charge in [0.05, 0.1) is 25.1 Å². The number of aliphatic carboxylic acids is 1. The van der Waals surface area contributed by atoms with Gasteiger partial charge in [-0.2, -0.15) is 13.2 Å². The maximum absolute atomic E-state index is 14.5. The first-order chi connectivity index (χ1) is 25.9. The number of hydrogen-bond acceptors (Lipinski definition) is 5. The predicted octanol–water partition coefficient (Wildman–Crippen LogP) is 8.40. The Morgan fingerprint density at radius 1 is 1.04 bits per heavy atom. The molecule has 2 aliphatic carbocycles. The van der Waals surface area contributed by atoms with Crippen molar-refractivity contribution in [3.05, 3.63) is 85.8 Å². The van der Waals surface area contributed by atoms with Crippen molar-refractivity contribution in [2.45, 2.75) is 109 Å². The number of carboxylic acid groups (broad SMARTS) is 1. The summed E-state index contributed by atoms with van der Waals surface area (Å²) in [4.78, 5) is 42.1. The molecule has 3 aliphatic rings. The topological polar surface area (TPSA) is 101 Å². The molecule has 1 unspecified atom stereocenters. The van der Waals surface area contributed by atoms with Gasteiger partial charge < -0.3 is 24.6 Å². The molecular weight excluding hydrogens is 721 g/mol. The summed E-state index contributed by atoms with van der Waals surface area (Å²) in [5, 5.41) is 12.9. The van der Waals surface area contributed by atoms with Crippen LogP contribution in [0, 0.1) is 25.7 Å². The number of benzene rings is 2. The van der Waals surface area contributed by atoms with Crippen LogP contribution in [0.15, 0.2) is 41.3 Å². The van der Waals surface area contributed by atoms with E-state index in [0.29, 0.717) is 30.5 Å². The number of piperidine rings is 1. The predicted molar refractivity (Wildman–Crippen MR) is 199 cm³/mol. The highest BCUT2D eigenvalue weighted by molar-refractivity contribution is 5.82. The van der Waals surface area contributed by atoms with Crippen molar-refractivity contribution in [3.63, 3.8) is 0 Å². The van der Waals surface area contributed by atoms with Gasteiger partial charge in [-0.25, -0.2) is 8.78 Å². The van der Waals surface area contributed by atoms with Gasteiger partial charge in [0.2, 0.25) is 5.91 Å². The third-order valence-corrected chi connectivity index (χ3v) is 11.6. The molecule has 0 bridgehead atoms. The molecule has 6 rings (SSSR count). The number of carboxylic acids is 1. The first-order valence-electron chi connectivity index (χ1n) is 19.1. The minimum absolute atomic E-state index is 0.101. The standard InChI is InChI=1S/C42H50F5N3O5/c1-23(2)13-36(50-22-33(34(18-37(50)51)42(45,46)47)26-9-11-49(12-10-26)21-29-20-41(29,43)44)40(54)48-35(19-38(52)53)28-16-27-7-6-8-31(27)32(17-28)39-24(3)14-30(55-5)15-25(39)4/h14-18,22-23,26,29,35-36H,6-13,19-21H2,1-5H3,(H,48,54)(H,52,53)/t29?,35-,36+/m0/s1. The smallest absolute Gasteiger partial charge is 0.416 e. The van der Waals surface area contributed by atoms with Gasteiger partial charge in [0.25, 0.3) is 11.5 Å². The molecule has 13 heteroatoms. The lowest BCUT2D eigenvalue weighted by atomic mass is 9.86. The van der Waals surface area contributed by atoms with Crippen molar-refractivity contribution < 1.29 is 41.4 Å². The molecule has 1 saturated heterocycles. The van der Waals surface area contributed by atoms with Gasteiger partial charge in [-0.05, 0) is 140 Å². The van der Waals surface area contributed by atoms with E-state index >= 15 is 0 Å². The summed E-state index contributed by atoms with van der Waals surface area (Å²) in [6, 6.07) is 6.06. The Kier molecular flexibility index (Phi) is 11.5. The largest absolute Gasteiger partial charge is 0.497 e. The number of aryl methyl sites for hydroxylation is 3. The Balaban J connectivity index is 1.35. The Bertz CT molecular complexity index is 1980. The van der Waals surface area contributed by atoms with E-state index in [-0.39, 0.29) is 43.7 Å². The van der Waals surface area contributed by atoms with Crippen LogP contribution in [0.25, 0.3) is 11.1 Å². The Hall–Kier alpha value is -4.26. The number of amides is 1. The van der Waals surface area contributed by atoms with E-state index < -0.39 is 65.4 Å². The van der Waals surface area contributed by atoms with Crippen LogP contribution in [0.2, 0.25) is 0 Å². The highest BCUT2D eigenvalue weighted by Crippen LogP contribution is 2.49. The minimum atomic E-state index is -4.84. The lowest BCUT2D eigenvalue weighted by Gasteiger charge is -2.34. The number of methoxy groups -OCH3 is 1. The molecule has 298 valence electrons. The molecule has 1 aliphatic heterocycles. The van der Waals surface area contributed by atoms with E-state index in [0.717, 1.165) is 57.8 Å². The molecule has 3 aromatic rings. The van der Waals surface area contributed by atoms with Crippen molar-refractivity contribution >= 4 is 11.9 Å². The van der Waals surface area contributed by atoms with E-state index in [9.17, 15) is 41.4 Å². The molecule has 0 radical (unpaired) electrons. The van der Waals surface area contributed by atoms with Crippen molar-refractivity contribution in [1.29, 1.82) is 0 Å². The van der Waals surface area contributed by atoms with Crippen molar-refractivity contribution in [2.24, 2.45) is 11.8 Å². The maximum Gasteiger partial charge on any atom is 0.416 e. The van der Waals surface area contributed by atoms with Gasteiger partial charge in [0.1, 0.15) is 11.8 Å². The van der Waals surface area contributed by atoms with Gasteiger partial charge >= 0.3 is 12.1 Å². The van der Waals surface area contributed by atoms with Gasteiger partial charge in [0, 0.05) is 31.1 Å². The number of nitrogens with one attached hydrogen (secondary N) is 1. The third-order valence-electron chi connectivity index (χ3n) is 11.6. The molecule has 2 aromatic carbocycles. The number of ether oxygens (including phenoxy) is 1. The summed E-state index contributed by atoms with van der Waals surface area (Å²) < 4.78 is 77.1. The van der Waals surface area contributed by atoms with Gasteiger partial charge in [-0.3, -0.25) is 14.4 Å². The van der Waals surface area contributed by atoms with Gasteiger partial charge in [0.15, 0.2) is 0 Å². The van der Waals surface area contributed by atoms with E-state index in [1.807, 2.05) is 56.9 Å². The maximum atomic E-state index is 14.5. The summed E-state index contributed by atoms with van der Waals surface area (Å²) in [6.45, 7) is 8.48. The van der Waals surface area contributed by atoms with Crippen LogP contribution < -0.4 is 15.6 Å². The van der Waals surface area contributed by atoms with Crippen LogP contribution in [0.3, 0.4) is 0 Å². The second-order valence-electron chi connectivity index (χ2n) is 16.1. The number of hydrogen-bond donors (Lipinski definition) is 2. The molecule has 8 nitrogen and oxygen atoms in total. The van der Waals surface area contributed by atoms with E-state index in [2.05, 4.69) is 5.32 Å². The number of rotatable bonds is 13. The molecule has 2 heterocycles. The monoisotopic (exact) mass is 771 g/mol. The normalized spacial score (nSPS) is 19.6. The Labute approximate surface area is 318 Å². The summed E-state index contributed by atoms with van der Waals surface area (Å²) in [7, 11) is 1.60. The average Bonchev–Trinajstić information content (AvgIpc) is 3.44. The van der Waals surface area contributed by atoms with E-state index in [4.69, 9.17) is 4.74 Å². The number of likely N-dealkylation sites (tertiary alicyclic amines) is 1. The number of nitrogens with zero attached hydrogens (tertiary/aromatic N) is 2. The highest BCUT2D eigenvalue weighted by atomic mass is 19.4. The average molecular weight is 772 g/mol. The highest BCUT2D eigenvalue weighted by Gasteiger charge is 2.57. The number of halogens is 5. The van der Waals surface area contributed by atoms with Crippen molar-refractivity contribution in [1.82, 2.24) is 14.8 Å². The molecular formula is C42H50F5N3O5. The Morgan fingerprint density at radius 3 is 2.25 bits per heavy atom. The zero-order valence-corrected chi connectivity index (χ0v) is 32.0. The molecule has 0 spiro atoms. The van der Waals surface area contributed by atoms with Crippen LogP contribution in [-0.2, 0) is 28.6 Å². The summed E-state index contributed by atoms with van der Waals surface area (Å²) >= 11 is 0. The van der Waals surface area contributed by atoms with E-state index in [1.165, 1.54) is 5.56 Å². The first kappa shape index (κ1) is 40.4. The van der Waals surface area contributed by atoms with Crippen LogP contribution in [0.1, 0.15) is 109 Å². The number of fused-ring (bicyclic) bond motifs is 1. The second kappa shape index (κ2) is 15.7. The quantitative estimate of drug-likeness (QED) is 0.170. The van der Waals surface area contributed by atoms with Gasteiger partial charge in [-0.1, -0.05) is 19.9 Å².